The molecule has 0 saturated carbocycles. The van der Waals surface area contributed by atoms with Gasteiger partial charge in [0.1, 0.15) is 11.5 Å². The molecule has 0 atom stereocenters. The second kappa shape index (κ2) is 8.71. The minimum atomic E-state index is -0.269. The summed E-state index contributed by atoms with van der Waals surface area (Å²) in [5, 5.41) is 5.58. The molecule has 0 fully saturated rings. The topological polar surface area (TPSA) is 80.6 Å². The van der Waals surface area contributed by atoms with Gasteiger partial charge in [-0.05, 0) is 55.5 Å². The molecule has 3 rings (SSSR count). The van der Waals surface area contributed by atoms with Crippen LogP contribution in [0, 0.1) is 0 Å². The van der Waals surface area contributed by atoms with Crippen LogP contribution in [0.4, 0.5) is 5.69 Å². The molecule has 1 heterocycles. The van der Waals surface area contributed by atoms with Gasteiger partial charge in [-0.25, -0.2) is 0 Å². The van der Waals surface area contributed by atoms with Crippen LogP contribution in [0.25, 0.3) is 0 Å². The predicted molar refractivity (Wildman–Crippen MR) is 102 cm³/mol. The molecule has 2 aromatic carbocycles. The number of hydrogen-bond donors (Lipinski definition) is 2. The van der Waals surface area contributed by atoms with Gasteiger partial charge in [-0.2, -0.15) is 0 Å². The van der Waals surface area contributed by atoms with Crippen LogP contribution in [0.5, 0.6) is 5.75 Å². The van der Waals surface area contributed by atoms with Gasteiger partial charge in [0.05, 0.1) is 25.0 Å². The summed E-state index contributed by atoms with van der Waals surface area (Å²) in [4.78, 5) is 24.6. The zero-order chi connectivity index (χ0) is 19.1. The van der Waals surface area contributed by atoms with Gasteiger partial charge < -0.3 is 19.8 Å². The molecule has 138 valence electrons. The van der Waals surface area contributed by atoms with Gasteiger partial charge in [-0.1, -0.05) is 12.1 Å². The molecule has 0 aliphatic heterocycles. The van der Waals surface area contributed by atoms with Crippen LogP contribution < -0.4 is 15.4 Å². The molecule has 6 heteroatoms. The summed E-state index contributed by atoms with van der Waals surface area (Å²) in [6, 6.07) is 17.3. The van der Waals surface area contributed by atoms with E-state index in [1.54, 1.807) is 60.9 Å². The molecule has 0 aliphatic carbocycles. The minimum Gasteiger partial charge on any atom is -0.493 e. The van der Waals surface area contributed by atoms with Crippen molar-refractivity contribution in [1.82, 2.24) is 5.32 Å². The highest BCUT2D eigenvalue weighted by Crippen LogP contribution is 2.20. The number of rotatable bonds is 7. The second-order valence-corrected chi connectivity index (χ2v) is 5.72. The van der Waals surface area contributed by atoms with E-state index >= 15 is 0 Å². The molecule has 1 aromatic heterocycles. The number of carbonyl (C=O) groups excluding carboxylic acids is 2. The van der Waals surface area contributed by atoms with Crippen molar-refractivity contribution in [1.29, 1.82) is 0 Å². The van der Waals surface area contributed by atoms with E-state index < -0.39 is 0 Å². The number of benzene rings is 2. The average molecular weight is 364 g/mol. The smallest absolute Gasteiger partial charge is 0.259 e. The highest BCUT2D eigenvalue weighted by molar-refractivity contribution is 6.06. The highest BCUT2D eigenvalue weighted by atomic mass is 16.5. The van der Waals surface area contributed by atoms with Gasteiger partial charge in [0.25, 0.3) is 11.8 Å². The van der Waals surface area contributed by atoms with Crippen molar-refractivity contribution < 1.29 is 18.7 Å². The lowest BCUT2D eigenvalue weighted by Crippen LogP contribution is -2.22. The van der Waals surface area contributed by atoms with E-state index in [4.69, 9.17) is 9.15 Å². The molecule has 0 aliphatic rings. The molecule has 3 aromatic rings. The Kier molecular flexibility index (Phi) is 5.89. The van der Waals surface area contributed by atoms with Gasteiger partial charge in [0.15, 0.2) is 0 Å². The lowest BCUT2D eigenvalue weighted by atomic mass is 10.1. The standard InChI is InChI=1S/C21H20N2O4/c1-2-26-19-8-4-3-7-18(19)21(25)23-16-11-9-15(10-12-16)20(24)22-14-17-6-5-13-27-17/h3-13H,2,14H2,1H3,(H,22,24)(H,23,25). The molecular weight excluding hydrogens is 344 g/mol. The fourth-order valence-corrected chi connectivity index (χ4v) is 2.52. The maximum atomic E-state index is 12.5. The molecule has 6 nitrogen and oxygen atoms in total. The Balaban J connectivity index is 1.62. The summed E-state index contributed by atoms with van der Waals surface area (Å²) < 4.78 is 10.7. The summed E-state index contributed by atoms with van der Waals surface area (Å²) in [6.45, 7) is 2.66. The predicted octanol–water partition coefficient (Wildman–Crippen LogP) is 3.86. The van der Waals surface area contributed by atoms with Crippen LogP contribution in [0.2, 0.25) is 0 Å². The maximum absolute atomic E-state index is 12.5. The zero-order valence-corrected chi connectivity index (χ0v) is 14.9. The van der Waals surface area contributed by atoms with Gasteiger partial charge >= 0.3 is 0 Å². The van der Waals surface area contributed by atoms with Crippen LogP contribution in [0.3, 0.4) is 0 Å². The van der Waals surface area contributed by atoms with Gasteiger partial charge in [0.2, 0.25) is 0 Å². The Morgan fingerprint density at radius 1 is 0.963 bits per heavy atom. The number of ether oxygens (including phenoxy) is 1. The lowest BCUT2D eigenvalue weighted by Gasteiger charge is -2.11. The van der Waals surface area contributed by atoms with Crippen molar-refractivity contribution in [3.05, 3.63) is 83.8 Å². The number of hydrogen-bond acceptors (Lipinski definition) is 4. The Hall–Kier alpha value is -3.54. The van der Waals surface area contributed by atoms with E-state index in [0.717, 1.165) is 0 Å². The fraction of sp³-hybridized carbons (Fsp3) is 0.143. The van der Waals surface area contributed by atoms with Gasteiger partial charge in [-0.3, -0.25) is 9.59 Å². The van der Waals surface area contributed by atoms with Crippen LogP contribution >= 0.6 is 0 Å². The molecule has 2 amide bonds. The lowest BCUT2D eigenvalue weighted by molar-refractivity contribution is 0.0947. The first kappa shape index (κ1) is 18.3. The van der Waals surface area contributed by atoms with Crippen molar-refractivity contribution in [3.8, 4) is 5.75 Å². The SMILES string of the molecule is CCOc1ccccc1C(=O)Nc1ccc(C(=O)NCc2ccco2)cc1. The fourth-order valence-electron chi connectivity index (χ4n) is 2.52. The van der Waals surface area contributed by atoms with E-state index in [1.807, 2.05) is 13.0 Å². The molecule has 27 heavy (non-hydrogen) atoms. The first-order chi connectivity index (χ1) is 13.2. The third kappa shape index (κ3) is 4.76. The number of nitrogens with one attached hydrogen (secondary N) is 2. The van der Waals surface area contributed by atoms with E-state index in [2.05, 4.69) is 10.6 Å². The third-order valence-corrected chi connectivity index (χ3v) is 3.84. The largest absolute Gasteiger partial charge is 0.493 e. The van der Waals surface area contributed by atoms with E-state index in [-0.39, 0.29) is 11.8 Å². The summed E-state index contributed by atoms with van der Waals surface area (Å²) in [5.74, 6) is 0.728. The molecule has 0 radical (unpaired) electrons. The van der Waals surface area contributed by atoms with Crippen molar-refractivity contribution in [2.24, 2.45) is 0 Å². The third-order valence-electron chi connectivity index (χ3n) is 3.84. The first-order valence-electron chi connectivity index (χ1n) is 8.61. The molecule has 0 spiro atoms. The first-order valence-corrected chi connectivity index (χ1v) is 8.61. The number of carbonyl (C=O) groups is 2. The number of para-hydroxylation sites is 1. The summed E-state index contributed by atoms with van der Waals surface area (Å²) in [5.41, 5.74) is 1.54. The maximum Gasteiger partial charge on any atom is 0.259 e. The summed E-state index contributed by atoms with van der Waals surface area (Å²) in [7, 11) is 0. The summed E-state index contributed by atoms with van der Waals surface area (Å²) >= 11 is 0. The summed E-state index contributed by atoms with van der Waals surface area (Å²) in [6.07, 6.45) is 1.56. The Morgan fingerprint density at radius 3 is 2.44 bits per heavy atom. The molecule has 0 bridgehead atoms. The molecule has 0 saturated heterocycles. The van der Waals surface area contributed by atoms with Crippen molar-refractivity contribution >= 4 is 17.5 Å². The van der Waals surface area contributed by atoms with Crippen LogP contribution in [0.15, 0.2) is 71.3 Å². The normalized spacial score (nSPS) is 10.3. The van der Waals surface area contributed by atoms with Crippen LogP contribution in [-0.4, -0.2) is 18.4 Å². The zero-order valence-electron chi connectivity index (χ0n) is 14.9. The number of anilines is 1. The molecule has 2 N–H and O–H groups in total. The van der Waals surface area contributed by atoms with Crippen molar-refractivity contribution in [3.63, 3.8) is 0 Å². The van der Waals surface area contributed by atoms with E-state index in [1.165, 1.54) is 0 Å². The Morgan fingerprint density at radius 2 is 1.74 bits per heavy atom. The number of amides is 2. The van der Waals surface area contributed by atoms with E-state index in [0.29, 0.717) is 41.5 Å². The van der Waals surface area contributed by atoms with E-state index in [9.17, 15) is 9.59 Å². The monoisotopic (exact) mass is 364 g/mol. The Labute approximate surface area is 157 Å². The van der Waals surface area contributed by atoms with Crippen LogP contribution in [0.1, 0.15) is 33.4 Å². The van der Waals surface area contributed by atoms with Crippen LogP contribution in [-0.2, 0) is 6.54 Å². The molecular formula is C21H20N2O4. The van der Waals surface area contributed by atoms with Gasteiger partial charge in [-0.15, -0.1) is 0 Å². The minimum absolute atomic E-state index is 0.217. The number of furan rings is 1. The average Bonchev–Trinajstić information content (AvgIpc) is 3.21. The van der Waals surface area contributed by atoms with Gasteiger partial charge in [0, 0.05) is 11.3 Å². The quantitative estimate of drug-likeness (QED) is 0.667. The highest BCUT2D eigenvalue weighted by Gasteiger charge is 2.12. The Bertz CT molecular complexity index is 902. The second-order valence-electron chi connectivity index (χ2n) is 5.72. The van der Waals surface area contributed by atoms with Crippen molar-refractivity contribution in [2.45, 2.75) is 13.5 Å². The molecule has 0 unspecified atom stereocenters. The van der Waals surface area contributed by atoms with Crippen molar-refractivity contribution in [2.75, 3.05) is 11.9 Å².